The highest BCUT2D eigenvalue weighted by atomic mass is 32.2. The summed E-state index contributed by atoms with van der Waals surface area (Å²) in [7, 11) is -3.64. The maximum absolute atomic E-state index is 12.3. The number of nitrogens with zero attached hydrogens (tertiary/aromatic N) is 1. The molecule has 166 valence electrons. The quantitative estimate of drug-likeness (QED) is 0.527. The molecule has 32 heavy (non-hydrogen) atoms. The van der Waals surface area contributed by atoms with Gasteiger partial charge in [0.05, 0.1) is 11.0 Å². The molecule has 3 aromatic carbocycles. The zero-order valence-corrected chi connectivity index (χ0v) is 19.3. The number of rotatable bonds is 7. The lowest BCUT2D eigenvalue weighted by Crippen LogP contribution is -2.39. The van der Waals surface area contributed by atoms with Crippen molar-refractivity contribution in [1.29, 1.82) is 0 Å². The van der Waals surface area contributed by atoms with Crippen molar-refractivity contribution >= 4 is 27.8 Å². The fourth-order valence-corrected chi connectivity index (χ4v) is 7.43. The molecule has 4 rings (SSSR count). The van der Waals surface area contributed by atoms with E-state index in [1.54, 1.807) is 11.8 Å². The van der Waals surface area contributed by atoms with Gasteiger partial charge in [0.15, 0.2) is 0 Å². The molecule has 1 fully saturated rings. The molecule has 2 atom stereocenters. The normalized spacial score (nSPS) is 19.7. The molecular weight excluding hydrogens is 442 g/mol. The first-order valence-electron chi connectivity index (χ1n) is 10.4. The van der Waals surface area contributed by atoms with E-state index in [4.69, 9.17) is 0 Å². The lowest BCUT2D eigenvalue weighted by Gasteiger charge is -2.37. The lowest BCUT2D eigenvalue weighted by molar-refractivity contribution is -0.140. The Kier molecular flexibility index (Phi) is 6.42. The number of thioether (sulfide) groups is 1. The van der Waals surface area contributed by atoms with Crippen LogP contribution in [0.1, 0.15) is 23.1 Å². The molecule has 0 amide bonds. The van der Waals surface area contributed by atoms with Gasteiger partial charge in [0.1, 0.15) is 6.04 Å². The number of carboxylic acid groups (broad SMARTS) is 1. The Morgan fingerprint density at radius 3 is 1.59 bits per heavy atom. The summed E-state index contributed by atoms with van der Waals surface area (Å²) in [6.45, 7) is 0.161. The molecule has 0 aliphatic carbocycles. The third-order valence-electron chi connectivity index (χ3n) is 5.81. The predicted octanol–water partition coefficient (Wildman–Crippen LogP) is 4.20. The Balaban J connectivity index is 1.87. The molecule has 1 heterocycles. The van der Waals surface area contributed by atoms with E-state index in [1.165, 1.54) is 0 Å². The number of aliphatic carboxylic acids is 1. The molecule has 1 aliphatic rings. The van der Waals surface area contributed by atoms with Gasteiger partial charge in [-0.3, -0.25) is 4.79 Å². The minimum Gasteiger partial charge on any atom is -0.480 e. The Morgan fingerprint density at radius 1 is 0.875 bits per heavy atom. The van der Waals surface area contributed by atoms with Crippen LogP contribution < -0.4 is 0 Å². The number of hydrogen-bond donors (Lipinski definition) is 1. The van der Waals surface area contributed by atoms with E-state index in [2.05, 4.69) is 36.4 Å². The molecule has 5 nitrogen and oxygen atoms in total. The molecule has 0 spiro atoms. The van der Waals surface area contributed by atoms with Crippen LogP contribution in [0.15, 0.2) is 91.0 Å². The van der Waals surface area contributed by atoms with Crippen molar-refractivity contribution in [1.82, 2.24) is 4.31 Å². The van der Waals surface area contributed by atoms with E-state index < -0.39 is 26.8 Å². The summed E-state index contributed by atoms with van der Waals surface area (Å²) in [5.74, 6) is -1.11. The van der Waals surface area contributed by atoms with Crippen LogP contribution >= 0.6 is 11.8 Å². The third kappa shape index (κ3) is 4.33. The van der Waals surface area contributed by atoms with Crippen LogP contribution in [0.2, 0.25) is 0 Å². The Hall–Kier alpha value is -2.61. The summed E-state index contributed by atoms with van der Waals surface area (Å²) in [6, 6.07) is 29.3. The molecule has 1 aliphatic heterocycles. The van der Waals surface area contributed by atoms with Gasteiger partial charge in [-0.15, -0.1) is 11.8 Å². The first-order chi connectivity index (χ1) is 15.3. The van der Waals surface area contributed by atoms with Crippen LogP contribution in [-0.4, -0.2) is 47.9 Å². The summed E-state index contributed by atoms with van der Waals surface area (Å²) in [5.41, 5.74) is 3.19. The summed E-state index contributed by atoms with van der Waals surface area (Å²) < 4.78 is 25.1. The second-order valence-corrected chi connectivity index (χ2v) is 11.4. The number of hydrogen-bond acceptors (Lipinski definition) is 4. The highest BCUT2D eigenvalue weighted by molar-refractivity contribution is 8.01. The molecule has 0 radical (unpaired) electrons. The molecule has 1 N–H and O–H groups in total. The third-order valence-corrected chi connectivity index (χ3v) is 8.80. The van der Waals surface area contributed by atoms with Gasteiger partial charge in [0, 0.05) is 11.8 Å². The number of carbonyl (C=O) groups is 1. The average Bonchev–Trinajstić information content (AvgIpc) is 3.24. The van der Waals surface area contributed by atoms with Crippen LogP contribution in [-0.2, 0) is 19.6 Å². The van der Waals surface area contributed by atoms with E-state index in [9.17, 15) is 18.3 Å². The second kappa shape index (κ2) is 9.10. The summed E-state index contributed by atoms with van der Waals surface area (Å²) in [4.78, 5) is 11.9. The van der Waals surface area contributed by atoms with Gasteiger partial charge < -0.3 is 5.11 Å². The van der Waals surface area contributed by atoms with E-state index in [0.717, 1.165) is 27.3 Å². The summed E-state index contributed by atoms with van der Waals surface area (Å²) in [6.07, 6.45) is 1.33. The van der Waals surface area contributed by atoms with Crippen LogP contribution in [0.3, 0.4) is 0 Å². The van der Waals surface area contributed by atoms with E-state index >= 15 is 0 Å². The lowest BCUT2D eigenvalue weighted by atomic mass is 9.84. The first kappa shape index (κ1) is 22.6. The van der Waals surface area contributed by atoms with Crippen molar-refractivity contribution in [3.63, 3.8) is 0 Å². The average molecular weight is 468 g/mol. The van der Waals surface area contributed by atoms with Gasteiger partial charge in [0.25, 0.3) is 0 Å². The monoisotopic (exact) mass is 467 g/mol. The van der Waals surface area contributed by atoms with Gasteiger partial charge >= 0.3 is 5.97 Å². The van der Waals surface area contributed by atoms with Crippen molar-refractivity contribution in [2.75, 3.05) is 12.8 Å². The SMILES string of the molecule is CS(=O)(=O)N1C[C@H](SC(c2ccccc2)(c2ccccc2)c2ccccc2)C[C@H]1C(=O)O. The molecule has 0 bridgehead atoms. The van der Waals surface area contributed by atoms with E-state index in [0.29, 0.717) is 0 Å². The van der Waals surface area contributed by atoms with Gasteiger partial charge in [0.2, 0.25) is 10.0 Å². The highest BCUT2D eigenvalue weighted by Gasteiger charge is 2.47. The Morgan fingerprint density at radius 2 is 1.28 bits per heavy atom. The summed E-state index contributed by atoms with van der Waals surface area (Å²) >= 11 is 1.63. The second-order valence-electron chi connectivity index (χ2n) is 7.94. The standard InChI is InChI=1S/C25H25NO4S2/c1-32(29,30)26-18-22(17-23(26)24(27)28)31-25(19-11-5-2-6-12-19,20-13-7-3-8-14-20)21-15-9-4-10-16-21/h2-16,22-23H,17-18H2,1H3,(H,27,28)/t22-,23+/m1/s1. The van der Waals surface area contributed by atoms with Gasteiger partial charge in [-0.2, -0.15) is 4.31 Å². The Labute approximate surface area is 193 Å². The van der Waals surface area contributed by atoms with Crippen LogP contribution in [0.5, 0.6) is 0 Å². The van der Waals surface area contributed by atoms with Crippen molar-refractivity contribution in [2.45, 2.75) is 22.5 Å². The number of carboxylic acids is 1. The van der Waals surface area contributed by atoms with Crippen molar-refractivity contribution in [3.8, 4) is 0 Å². The number of benzene rings is 3. The molecule has 0 unspecified atom stereocenters. The van der Waals surface area contributed by atoms with Gasteiger partial charge in [-0.05, 0) is 23.1 Å². The fourth-order valence-electron chi connectivity index (χ4n) is 4.42. The minimum absolute atomic E-state index is 0.161. The molecule has 0 saturated carbocycles. The van der Waals surface area contributed by atoms with Gasteiger partial charge in [-0.25, -0.2) is 8.42 Å². The first-order valence-corrected chi connectivity index (χ1v) is 13.1. The molecule has 1 saturated heterocycles. The van der Waals surface area contributed by atoms with Crippen molar-refractivity contribution < 1.29 is 18.3 Å². The van der Waals surface area contributed by atoms with Gasteiger partial charge in [-0.1, -0.05) is 91.0 Å². The zero-order chi connectivity index (χ0) is 22.8. The molecular formula is C25H25NO4S2. The van der Waals surface area contributed by atoms with Crippen LogP contribution in [0.25, 0.3) is 0 Å². The highest BCUT2D eigenvalue weighted by Crippen LogP contribution is 2.52. The Bertz CT molecular complexity index is 1070. The summed E-state index contributed by atoms with van der Waals surface area (Å²) in [5, 5.41) is 9.50. The van der Waals surface area contributed by atoms with Crippen LogP contribution in [0.4, 0.5) is 0 Å². The van der Waals surface area contributed by atoms with E-state index in [1.807, 2.05) is 54.6 Å². The predicted molar refractivity (Wildman–Crippen MR) is 128 cm³/mol. The maximum atomic E-state index is 12.3. The molecule has 3 aromatic rings. The smallest absolute Gasteiger partial charge is 0.322 e. The zero-order valence-electron chi connectivity index (χ0n) is 17.7. The number of sulfonamides is 1. The molecule has 0 aromatic heterocycles. The van der Waals surface area contributed by atoms with Crippen LogP contribution in [0, 0.1) is 0 Å². The van der Waals surface area contributed by atoms with Crippen molar-refractivity contribution in [2.24, 2.45) is 0 Å². The maximum Gasteiger partial charge on any atom is 0.322 e. The largest absolute Gasteiger partial charge is 0.480 e. The molecule has 7 heteroatoms. The fraction of sp³-hybridized carbons (Fsp3) is 0.240. The topological polar surface area (TPSA) is 74.7 Å². The van der Waals surface area contributed by atoms with Crippen molar-refractivity contribution in [3.05, 3.63) is 108 Å². The minimum atomic E-state index is -3.64. The van der Waals surface area contributed by atoms with E-state index in [-0.39, 0.29) is 18.2 Å².